The van der Waals surface area contributed by atoms with Gasteiger partial charge in [-0.3, -0.25) is 0 Å². The Bertz CT molecular complexity index is 532. The van der Waals surface area contributed by atoms with Gasteiger partial charge in [-0.05, 0) is 22.0 Å². The molecule has 0 radical (unpaired) electrons. The minimum atomic E-state index is -0.995. The predicted octanol–water partition coefficient (Wildman–Crippen LogP) is 1.69. The summed E-state index contributed by atoms with van der Waals surface area (Å²) < 4.78 is 7.05. The van der Waals surface area contributed by atoms with Crippen molar-refractivity contribution in [2.45, 2.75) is 13.5 Å². The molecule has 1 N–H and O–H groups in total. The second-order valence-electron chi connectivity index (χ2n) is 3.21. The average molecular weight is 286 g/mol. The van der Waals surface area contributed by atoms with E-state index in [-0.39, 0.29) is 12.2 Å². The molecule has 6 nitrogen and oxygen atoms in total. The van der Waals surface area contributed by atoms with Gasteiger partial charge in [-0.1, -0.05) is 5.16 Å². The van der Waals surface area contributed by atoms with Crippen molar-refractivity contribution in [1.29, 1.82) is 0 Å². The van der Waals surface area contributed by atoms with Gasteiger partial charge < -0.3 is 14.2 Å². The number of carboxylic acids is 1. The molecule has 0 atom stereocenters. The van der Waals surface area contributed by atoms with Crippen LogP contribution in [-0.4, -0.2) is 25.8 Å². The molecule has 0 fully saturated rings. The van der Waals surface area contributed by atoms with Crippen LogP contribution in [0.4, 0.5) is 0 Å². The van der Waals surface area contributed by atoms with E-state index in [1.54, 1.807) is 13.1 Å². The topological polar surface area (TPSA) is 81.2 Å². The van der Waals surface area contributed by atoms with E-state index in [2.05, 4.69) is 26.1 Å². The van der Waals surface area contributed by atoms with Gasteiger partial charge in [-0.25, -0.2) is 4.79 Å². The monoisotopic (exact) mass is 285 g/mol. The second kappa shape index (κ2) is 4.09. The lowest BCUT2D eigenvalue weighted by molar-refractivity contribution is 0.0685. The summed E-state index contributed by atoms with van der Waals surface area (Å²) in [5.74, 6) is -0.0906. The zero-order chi connectivity index (χ0) is 11.7. The van der Waals surface area contributed by atoms with Gasteiger partial charge in [-0.2, -0.15) is 4.98 Å². The number of rotatable bonds is 3. The standard InChI is InChI=1S/C9H8BrN3O3/c1-5-11-8(12-16-5)4-13-3-6(10)2-7(13)9(14)15/h2-3H,4H2,1H3,(H,14,15). The molecule has 0 unspecified atom stereocenters. The van der Waals surface area contributed by atoms with E-state index < -0.39 is 5.97 Å². The summed E-state index contributed by atoms with van der Waals surface area (Å²) in [5, 5.41) is 12.7. The zero-order valence-electron chi connectivity index (χ0n) is 8.35. The summed E-state index contributed by atoms with van der Waals surface area (Å²) in [5.41, 5.74) is 0.175. The van der Waals surface area contributed by atoms with E-state index in [0.29, 0.717) is 16.2 Å². The molecule has 16 heavy (non-hydrogen) atoms. The van der Waals surface area contributed by atoms with Crippen molar-refractivity contribution in [3.8, 4) is 0 Å². The lowest BCUT2D eigenvalue weighted by Gasteiger charge is -2.01. The number of aryl methyl sites for hydroxylation is 1. The Labute approximate surface area is 99.0 Å². The molecule has 0 saturated heterocycles. The summed E-state index contributed by atoms with van der Waals surface area (Å²) in [6, 6.07) is 1.52. The summed E-state index contributed by atoms with van der Waals surface area (Å²) >= 11 is 3.22. The highest BCUT2D eigenvalue weighted by Gasteiger charge is 2.13. The van der Waals surface area contributed by atoms with Gasteiger partial charge in [-0.15, -0.1) is 0 Å². The third kappa shape index (κ3) is 2.13. The first-order valence-electron chi connectivity index (χ1n) is 4.44. The third-order valence-electron chi connectivity index (χ3n) is 1.96. The van der Waals surface area contributed by atoms with Gasteiger partial charge >= 0.3 is 5.97 Å². The fourth-order valence-electron chi connectivity index (χ4n) is 1.34. The molecule has 0 aliphatic heterocycles. The van der Waals surface area contributed by atoms with Crippen LogP contribution in [0.2, 0.25) is 0 Å². The highest BCUT2D eigenvalue weighted by atomic mass is 79.9. The molecule has 0 spiro atoms. The van der Waals surface area contributed by atoms with Gasteiger partial charge in [0.1, 0.15) is 5.69 Å². The van der Waals surface area contributed by atoms with Crippen molar-refractivity contribution >= 4 is 21.9 Å². The van der Waals surface area contributed by atoms with Gasteiger partial charge in [0.05, 0.1) is 6.54 Å². The Morgan fingerprint density at radius 1 is 1.69 bits per heavy atom. The number of nitrogens with zero attached hydrogens (tertiary/aromatic N) is 3. The Morgan fingerprint density at radius 3 is 3.00 bits per heavy atom. The van der Waals surface area contributed by atoms with Gasteiger partial charge in [0.25, 0.3) is 0 Å². The fraction of sp³-hybridized carbons (Fsp3) is 0.222. The lowest BCUT2D eigenvalue weighted by Crippen LogP contribution is -2.09. The molecule has 0 bridgehead atoms. The van der Waals surface area contributed by atoms with E-state index >= 15 is 0 Å². The van der Waals surface area contributed by atoms with Crippen LogP contribution in [0, 0.1) is 6.92 Å². The van der Waals surface area contributed by atoms with Crippen LogP contribution in [0.25, 0.3) is 0 Å². The van der Waals surface area contributed by atoms with Gasteiger partial charge in [0, 0.05) is 17.6 Å². The minimum absolute atomic E-state index is 0.175. The fourth-order valence-corrected chi connectivity index (χ4v) is 1.81. The highest BCUT2D eigenvalue weighted by Crippen LogP contribution is 2.16. The summed E-state index contributed by atoms with van der Waals surface area (Å²) in [4.78, 5) is 14.9. The first kappa shape index (κ1) is 10.9. The predicted molar refractivity (Wildman–Crippen MR) is 57.2 cm³/mol. The average Bonchev–Trinajstić information content (AvgIpc) is 2.74. The number of carboxylic acid groups (broad SMARTS) is 1. The number of hydrogen-bond acceptors (Lipinski definition) is 4. The highest BCUT2D eigenvalue weighted by molar-refractivity contribution is 9.10. The van der Waals surface area contributed by atoms with Crippen LogP contribution in [0.1, 0.15) is 22.2 Å². The Balaban J connectivity index is 2.30. The molecular formula is C9H8BrN3O3. The number of halogens is 1. The first-order chi connectivity index (χ1) is 7.56. The van der Waals surface area contributed by atoms with Crippen molar-refractivity contribution in [3.63, 3.8) is 0 Å². The molecule has 0 aliphatic rings. The summed E-state index contributed by atoms with van der Waals surface area (Å²) in [7, 11) is 0. The normalized spacial score (nSPS) is 10.6. The molecule has 2 aromatic rings. The number of carbonyl (C=O) groups is 1. The lowest BCUT2D eigenvalue weighted by atomic mass is 10.4. The third-order valence-corrected chi connectivity index (χ3v) is 2.40. The van der Waals surface area contributed by atoms with E-state index in [4.69, 9.17) is 9.63 Å². The van der Waals surface area contributed by atoms with E-state index in [1.807, 2.05) is 0 Å². The molecule has 2 aromatic heterocycles. The second-order valence-corrected chi connectivity index (χ2v) is 4.12. The van der Waals surface area contributed by atoms with E-state index in [0.717, 1.165) is 0 Å². The van der Waals surface area contributed by atoms with E-state index in [9.17, 15) is 4.79 Å². The molecule has 0 amide bonds. The maximum atomic E-state index is 10.9. The maximum absolute atomic E-state index is 10.9. The van der Waals surface area contributed by atoms with Crippen molar-refractivity contribution in [3.05, 3.63) is 34.1 Å². The largest absolute Gasteiger partial charge is 0.477 e. The number of hydrogen-bond donors (Lipinski definition) is 1. The smallest absolute Gasteiger partial charge is 0.352 e. The van der Waals surface area contributed by atoms with Crippen molar-refractivity contribution < 1.29 is 14.4 Å². The molecule has 0 aromatic carbocycles. The number of aromatic carboxylic acids is 1. The maximum Gasteiger partial charge on any atom is 0.352 e. The molecule has 7 heteroatoms. The van der Waals surface area contributed by atoms with Crippen molar-refractivity contribution in [1.82, 2.24) is 14.7 Å². The minimum Gasteiger partial charge on any atom is -0.477 e. The summed E-state index contributed by atoms with van der Waals surface area (Å²) in [6.07, 6.45) is 1.66. The van der Waals surface area contributed by atoms with Gasteiger partial charge in [0.15, 0.2) is 5.82 Å². The molecule has 2 heterocycles. The van der Waals surface area contributed by atoms with Crippen LogP contribution in [0.15, 0.2) is 21.3 Å². The van der Waals surface area contributed by atoms with E-state index in [1.165, 1.54) is 10.6 Å². The molecule has 2 rings (SSSR count). The van der Waals surface area contributed by atoms with Crippen LogP contribution in [0.5, 0.6) is 0 Å². The molecule has 0 saturated carbocycles. The van der Waals surface area contributed by atoms with Crippen LogP contribution < -0.4 is 0 Å². The van der Waals surface area contributed by atoms with Gasteiger partial charge in [0.2, 0.25) is 5.89 Å². The Morgan fingerprint density at radius 2 is 2.44 bits per heavy atom. The quantitative estimate of drug-likeness (QED) is 0.928. The van der Waals surface area contributed by atoms with Crippen LogP contribution in [-0.2, 0) is 6.54 Å². The molecule has 0 aliphatic carbocycles. The molecular weight excluding hydrogens is 278 g/mol. The first-order valence-corrected chi connectivity index (χ1v) is 5.23. The van der Waals surface area contributed by atoms with Crippen LogP contribution in [0.3, 0.4) is 0 Å². The van der Waals surface area contributed by atoms with Crippen molar-refractivity contribution in [2.24, 2.45) is 0 Å². The van der Waals surface area contributed by atoms with Crippen molar-refractivity contribution in [2.75, 3.05) is 0 Å². The molecule has 84 valence electrons. The Hall–Kier alpha value is -1.63. The zero-order valence-corrected chi connectivity index (χ0v) is 9.93. The van der Waals surface area contributed by atoms with Crippen LogP contribution >= 0.6 is 15.9 Å². The summed E-state index contributed by atoms with van der Waals surface area (Å²) in [6.45, 7) is 1.95. The SMILES string of the molecule is Cc1nc(Cn2cc(Br)cc2C(=O)O)no1. The number of aromatic nitrogens is 3. The Kier molecular flexibility index (Phi) is 2.78.